The van der Waals surface area contributed by atoms with Crippen LogP contribution in [0.1, 0.15) is 31.1 Å². The second-order valence-electron chi connectivity index (χ2n) is 5.74. The van der Waals surface area contributed by atoms with Gasteiger partial charge in [0, 0.05) is 12.1 Å². The molecule has 11 nitrogen and oxygen atoms in total. The van der Waals surface area contributed by atoms with Crippen LogP contribution in [0.15, 0.2) is 22.7 Å². The van der Waals surface area contributed by atoms with E-state index in [4.69, 9.17) is 19.5 Å². The van der Waals surface area contributed by atoms with Gasteiger partial charge in [0.25, 0.3) is 16.1 Å². The van der Waals surface area contributed by atoms with Crippen molar-refractivity contribution in [3.05, 3.63) is 29.8 Å². The fourth-order valence-corrected chi connectivity index (χ4v) is 2.82. The highest BCUT2D eigenvalue weighted by atomic mass is 32.2. The monoisotopic (exact) mass is 417 g/mol. The molecule has 1 amide bonds. The minimum atomic E-state index is -3.77. The van der Waals surface area contributed by atoms with E-state index in [1.165, 1.54) is 25.3 Å². The van der Waals surface area contributed by atoms with E-state index >= 15 is 0 Å². The predicted molar refractivity (Wildman–Crippen MR) is 95.1 cm³/mol. The van der Waals surface area contributed by atoms with Crippen molar-refractivity contribution >= 4 is 16.3 Å². The number of rotatable bonds is 10. The standard InChI is InChI=1S/C15H20FN5O6S/c1-26-12-8-9(5-6-10(12)16)14-20-13(21-27-14)11(19-15(22)23)4-2-3-7-18-28(17,24)25/h5-6,8,11,18-19H,2-4,7H2,1H3,(H,22,23)(H2,17,24,25). The first-order valence-electron chi connectivity index (χ1n) is 8.14. The van der Waals surface area contributed by atoms with Crippen molar-refractivity contribution in [2.45, 2.75) is 25.3 Å². The summed E-state index contributed by atoms with van der Waals surface area (Å²) in [6, 6.07) is 3.22. The van der Waals surface area contributed by atoms with Crippen LogP contribution in [0.3, 0.4) is 0 Å². The van der Waals surface area contributed by atoms with E-state index in [1.54, 1.807) is 0 Å². The molecule has 1 aromatic heterocycles. The van der Waals surface area contributed by atoms with Crippen molar-refractivity contribution in [2.24, 2.45) is 5.14 Å². The molecule has 0 saturated heterocycles. The van der Waals surface area contributed by atoms with E-state index in [-0.39, 0.29) is 24.0 Å². The van der Waals surface area contributed by atoms with Gasteiger partial charge >= 0.3 is 6.09 Å². The predicted octanol–water partition coefficient (Wildman–Crippen LogP) is 1.16. The Balaban J connectivity index is 2.07. The highest BCUT2D eigenvalue weighted by Crippen LogP contribution is 2.26. The van der Waals surface area contributed by atoms with Gasteiger partial charge in [0.2, 0.25) is 0 Å². The van der Waals surface area contributed by atoms with Crippen LogP contribution in [0.4, 0.5) is 9.18 Å². The molecule has 0 saturated carbocycles. The quantitative estimate of drug-likeness (QED) is 0.417. The van der Waals surface area contributed by atoms with Crippen molar-refractivity contribution < 1.29 is 32.0 Å². The molecule has 28 heavy (non-hydrogen) atoms. The van der Waals surface area contributed by atoms with Crippen LogP contribution in [0.5, 0.6) is 5.75 Å². The van der Waals surface area contributed by atoms with Crippen molar-refractivity contribution in [3.63, 3.8) is 0 Å². The minimum absolute atomic E-state index is 0.000169. The van der Waals surface area contributed by atoms with Crippen LogP contribution >= 0.6 is 0 Å². The Hall–Kier alpha value is -2.77. The Kier molecular flexibility index (Phi) is 7.25. The van der Waals surface area contributed by atoms with E-state index in [0.717, 1.165) is 0 Å². The van der Waals surface area contributed by atoms with Gasteiger partial charge in [0.1, 0.15) is 0 Å². The molecule has 0 fully saturated rings. The minimum Gasteiger partial charge on any atom is -0.494 e. The zero-order valence-electron chi connectivity index (χ0n) is 14.9. The summed E-state index contributed by atoms with van der Waals surface area (Å²) in [4.78, 5) is 15.2. The molecule has 2 aromatic rings. The van der Waals surface area contributed by atoms with E-state index in [2.05, 4.69) is 20.2 Å². The van der Waals surface area contributed by atoms with Crippen molar-refractivity contribution in [2.75, 3.05) is 13.7 Å². The number of ether oxygens (including phenoxy) is 1. The van der Waals surface area contributed by atoms with Crippen molar-refractivity contribution in [1.82, 2.24) is 20.2 Å². The zero-order chi connectivity index (χ0) is 20.7. The van der Waals surface area contributed by atoms with Crippen LogP contribution in [0.25, 0.3) is 11.5 Å². The van der Waals surface area contributed by atoms with E-state index in [9.17, 15) is 17.6 Å². The molecule has 0 aliphatic carbocycles. The first kappa shape index (κ1) is 21.5. The number of hydrogen-bond acceptors (Lipinski definition) is 7. The Bertz CT molecular complexity index is 919. The van der Waals surface area contributed by atoms with Crippen LogP contribution in [-0.4, -0.2) is 43.4 Å². The summed E-state index contributed by atoms with van der Waals surface area (Å²) in [6.07, 6.45) is -0.0948. The van der Waals surface area contributed by atoms with E-state index < -0.39 is 28.2 Å². The maximum absolute atomic E-state index is 13.5. The van der Waals surface area contributed by atoms with Gasteiger partial charge in [-0.3, -0.25) is 0 Å². The number of unbranched alkanes of at least 4 members (excludes halogenated alkanes) is 1. The lowest BCUT2D eigenvalue weighted by Crippen LogP contribution is -2.31. The molecule has 13 heteroatoms. The zero-order valence-corrected chi connectivity index (χ0v) is 15.7. The molecule has 154 valence electrons. The highest BCUT2D eigenvalue weighted by Gasteiger charge is 2.21. The number of nitrogens with one attached hydrogen (secondary N) is 2. The second kappa shape index (κ2) is 9.43. The number of halogens is 1. The number of benzene rings is 1. The van der Waals surface area contributed by atoms with E-state index in [0.29, 0.717) is 24.8 Å². The molecule has 0 aliphatic heterocycles. The van der Waals surface area contributed by atoms with Crippen LogP contribution < -0.4 is 19.9 Å². The average molecular weight is 417 g/mol. The molecule has 0 spiro atoms. The van der Waals surface area contributed by atoms with Crippen LogP contribution in [0, 0.1) is 5.82 Å². The topological polar surface area (TPSA) is 170 Å². The summed E-state index contributed by atoms with van der Waals surface area (Å²) in [5.74, 6) is -0.384. The summed E-state index contributed by atoms with van der Waals surface area (Å²) in [5, 5.41) is 19.9. The largest absolute Gasteiger partial charge is 0.494 e. The van der Waals surface area contributed by atoms with Crippen molar-refractivity contribution in [1.29, 1.82) is 0 Å². The number of nitrogens with zero attached hydrogens (tertiary/aromatic N) is 2. The number of carboxylic acid groups (broad SMARTS) is 1. The molecule has 1 atom stereocenters. The Morgan fingerprint density at radius 3 is 2.82 bits per heavy atom. The number of aromatic nitrogens is 2. The van der Waals surface area contributed by atoms with Gasteiger partial charge in [-0.1, -0.05) is 5.16 Å². The lowest BCUT2D eigenvalue weighted by molar-refractivity contribution is 0.188. The normalized spacial score (nSPS) is 12.5. The smallest absolute Gasteiger partial charge is 0.405 e. The summed E-state index contributed by atoms with van der Waals surface area (Å²) >= 11 is 0. The molecular weight excluding hydrogens is 397 g/mol. The Morgan fingerprint density at radius 1 is 1.43 bits per heavy atom. The molecule has 2 rings (SSSR count). The summed E-state index contributed by atoms with van der Waals surface area (Å²) in [6.45, 7) is 0.117. The lowest BCUT2D eigenvalue weighted by atomic mass is 10.1. The van der Waals surface area contributed by atoms with Gasteiger partial charge in [-0.2, -0.15) is 13.4 Å². The Labute approximate surface area is 160 Å². The van der Waals surface area contributed by atoms with Crippen molar-refractivity contribution in [3.8, 4) is 17.2 Å². The molecule has 1 unspecified atom stereocenters. The lowest BCUT2D eigenvalue weighted by Gasteiger charge is -2.12. The third-order valence-corrected chi connectivity index (χ3v) is 4.28. The molecule has 0 bridgehead atoms. The first-order chi connectivity index (χ1) is 13.2. The third kappa shape index (κ3) is 6.44. The van der Waals surface area contributed by atoms with Gasteiger partial charge in [-0.25, -0.2) is 19.0 Å². The molecule has 1 heterocycles. The van der Waals surface area contributed by atoms with Gasteiger partial charge in [0.05, 0.1) is 13.2 Å². The molecule has 0 radical (unpaired) electrons. The maximum Gasteiger partial charge on any atom is 0.405 e. The third-order valence-electron chi connectivity index (χ3n) is 3.67. The van der Waals surface area contributed by atoms with Gasteiger partial charge in [-0.15, -0.1) is 0 Å². The van der Waals surface area contributed by atoms with Gasteiger partial charge in [0.15, 0.2) is 17.4 Å². The second-order valence-corrected chi connectivity index (χ2v) is 7.12. The fourth-order valence-electron chi connectivity index (χ4n) is 2.39. The summed E-state index contributed by atoms with van der Waals surface area (Å²) in [5.41, 5.74) is 0.406. The fraction of sp³-hybridized carbons (Fsp3) is 0.400. The molecule has 0 aliphatic rings. The van der Waals surface area contributed by atoms with E-state index in [1.807, 2.05) is 0 Å². The summed E-state index contributed by atoms with van der Waals surface area (Å²) in [7, 11) is -2.45. The average Bonchev–Trinajstić information content (AvgIpc) is 3.09. The molecule has 5 N–H and O–H groups in total. The number of methoxy groups -OCH3 is 1. The SMILES string of the molecule is COc1cc(-c2nc(C(CCCCNS(N)(=O)=O)NC(=O)O)no2)ccc1F. The molecular formula is C15H20FN5O6S. The first-order valence-corrected chi connectivity index (χ1v) is 9.68. The highest BCUT2D eigenvalue weighted by molar-refractivity contribution is 7.87. The van der Waals surface area contributed by atoms with Crippen LogP contribution in [-0.2, 0) is 10.2 Å². The van der Waals surface area contributed by atoms with Gasteiger partial charge in [-0.05, 0) is 37.5 Å². The Morgan fingerprint density at radius 2 is 2.18 bits per heavy atom. The number of nitrogens with two attached hydrogens (primary N) is 1. The van der Waals surface area contributed by atoms with Crippen LogP contribution in [0.2, 0.25) is 0 Å². The van der Waals surface area contributed by atoms with Gasteiger partial charge < -0.3 is 19.7 Å². The summed E-state index contributed by atoms with van der Waals surface area (Å²) < 4.78 is 47.3. The number of carbonyl (C=O) groups is 1. The number of hydrogen-bond donors (Lipinski definition) is 4. The number of amides is 1. The molecule has 1 aromatic carbocycles. The maximum atomic E-state index is 13.5.